The van der Waals surface area contributed by atoms with E-state index in [1.54, 1.807) is 24.3 Å². The molecule has 0 saturated heterocycles. The number of amides is 1. The van der Waals surface area contributed by atoms with Gasteiger partial charge in [-0.1, -0.05) is 38.2 Å². The lowest BCUT2D eigenvalue weighted by molar-refractivity contribution is -0.144. The van der Waals surface area contributed by atoms with Crippen LogP contribution in [0.25, 0.3) is 0 Å². The summed E-state index contributed by atoms with van der Waals surface area (Å²) >= 11 is 4.87. The third-order valence-electron chi connectivity index (χ3n) is 2.82. The summed E-state index contributed by atoms with van der Waals surface area (Å²) in [6, 6.07) is 5.93. The van der Waals surface area contributed by atoms with Crippen LogP contribution in [0.4, 0.5) is 0 Å². The van der Waals surface area contributed by atoms with Crippen molar-refractivity contribution in [3.05, 3.63) is 35.4 Å². The van der Waals surface area contributed by atoms with Crippen LogP contribution in [0.5, 0.6) is 0 Å². The predicted octanol–water partition coefficient (Wildman–Crippen LogP) is 1.25. The van der Waals surface area contributed by atoms with Gasteiger partial charge in [-0.25, -0.2) is 4.79 Å². The van der Waals surface area contributed by atoms with Crippen LogP contribution in [-0.2, 0) is 9.53 Å². The molecule has 20 heavy (non-hydrogen) atoms. The largest absolute Gasteiger partial charge is 0.467 e. The maximum atomic E-state index is 12.2. The predicted molar refractivity (Wildman–Crippen MR) is 80.4 cm³/mol. The molecule has 0 radical (unpaired) electrons. The summed E-state index contributed by atoms with van der Waals surface area (Å²) < 4.78 is 4.68. The average Bonchev–Trinajstić information content (AvgIpc) is 2.43. The molecule has 3 N–H and O–H groups in total. The number of carbonyl (C=O) groups excluding carboxylic acids is 2. The minimum atomic E-state index is -0.694. The van der Waals surface area contributed by atoms with Gasteiger partial charge in [-0.3, -0.25) is 4.79 Å². The third kappa shape index (κ3) is 4.03. The summed E-state index contributed by atoms with van der Waals surface area (Å²) in [5.41, 5.74) is 6.52. The van der Waals surface area contributed by atoms with Gasteiger partial charge in [0.05, 0.1) is 7.11 Å². The highest BCUT2D eigenvalue weighted by atomic mass is 32.1. The van der Waals surface area contributed by atoms with Crippen LogP contribution in [0.2, 0.25) is 0 Å². The van der Waals surface area contributed by atoms with Gasteiger partial charge in [-0.2, -0.15) is 0 Å². The summed E-state index contributed by atoms with van der Waals surface area (Å²) in [5, 5.41) is 2.65. The Hall–Kier alpha value is -1.95. The van der Waals surface area contributed by atoms with Gasteiger partial charge in [0.2, 0.25) is 0 Å². The Balaban J connectivity index is 2.92. The first kappa shape index (κ1) is 16.1. The van der Waals surface area contributed by atoms with Gasteiger partial charge in [0, 0.05) is 11.1 Å². The van der Waals surface area contributed by atoms with Crippen molar-refractivity contribution in [1.29, 1.82) is 0 Å². The Kier molecular flexibility index (Phi) is 5.64. The first-order valence-corrected chi connectivity index (χ1v) is 6.56. The first-order chi connectivity index (χ1) is 9.36. The highest BCUT2D eigenvalue weighted by molar-refractivity contribution is 7.80. The molecule has 6 heteroatoms. The number of benzene rings is 1. The van der Waals surface area contributed by atoms with Crippen LogP contribution >= 0.6 is 12.2 Å². The maximum absolute atomic E-state index is 12.2. The Bertz CT molecular complexity index is 529. The molecular weight excluding hydrogens is 276 g/mol. The number of methoxy groups -OCH3 is 1. The van der Waals surface area contributed by atoms with Crippen LogP contribution < -0.4 is 11.1 Å². The summed E-state index contributed by atoms with van der Waals surface area (Å²) in [5.74, 6) is -0.920. The number of ether oxygens (including phenoxy) is 1. The second-order valence-electron chi connectivity index (χ2n) is 4.66. The normalized spacial score (nSPS) is 11.8. The smallest absolute Gasteiger partial charge is 0.328 e. The number of carbonyl (C=O) groups is 2. The molecule has 0 aliphatic rings. The molecule has 0 aromatic heterocycles. The average molecular weight is 294 g/mol. The topological polar surface area (TPSA) is 81.4 Å². The summed E-state index contributed by atoms with van der Waals surface area (Å²) in [7, 11) is 1.29. The van der Waals surface area contributed by atoms with Gasteiger partial charge in [0.25, 0.3) is 5.91 Å². The van der Waals surface area contributed by atoms with Crippen molar-refractivity contribution in [2.24, 2.45) is 11.7 Å². The molecular formula is C14H18N2O3S. The van der Waals surface area contributed by atoms with E-state index in [2.05, 4.69) is 10.1 Å². The van der Waals surface area contributed by atoms with Crippen LogP contribution in [-0.4, -0.2) is 30.0 Å². The quantitative estimate of drug-likeness (QED) is 0.631. The standard InChI is InChI=1S/C14H18N2O3S/c1-8(2)11(14(18)19-3)16-13(17)10-6-4-5-9(7-10)12(15)20/h4-8,11H,1-3H3,(H2,15,20)(H,16,17). The number of rotatable bonds is 5. The molecule has 1 amide bonds. The monoisotopic (exact) mass is 294 g/mol. The Labute approximate surface area is 123 Å². The molecule has 0 aliphatic carbocycles. The highest BCUT2D eigenvalue weighted by Gasteiger charge is 2.25. The van der Waals surface area contributed by atoms with Gasteiger partial charge in [0.15, 0.2) is 0 Å². The molecule has 0 fully saturated rings. The second-order valence-corrected chi connectivity index (χ2v) is 5.10. The van der Waals surface area contributed by atoms with Gasteiger partial charge in [0.1, 0.15) is 11.0 Å². The lowest BCUT2D eigenvalue weighted by atomic mass is 10.0. The van der Waals surface area contributed by atoms with Crippen LogP contribution in [0.15, 0.2) is 24.3 Å². The van der Waals surface area contributed by atoms with E-state index in [-0.39, 0.29) is 16.8 Å². The zero-order chi connectivity index (χ0) is 15.3. The summed E-state index contributed by atoms with van der Waals surface area (Å²) in [4.78, 5) is 24.0. The molecule has 1 aromatic rings. The lowest BCUT2D eigenvalue weighted by Gasteiger charge is -2.19. The van der Waals surface area contributed by atoms with Crippen LogP contribution in [0.3, 0.4) is 0 Å². The molecule has 0 bridgehead atoms. The molecule has 0 heterocycles. The van der Waals surface area contributed by atoms with Crippen molar-refractivity contribution < 1.29 is 14.3 Å². The molecule has 5 nitrogen and oxygen atoms in total. The van der Waals surface area contributed by atoms with Crippen LogP contribution in [0, 0.1) is 5.92 Å². The van der Waals surface area contributed by atoms with Crippen molar-refractivity contribution in [1.82, 2.24) is 5.32 Å². The van der Waals surface area contributed by atoms with Gasteiger partial charge in [-0.05, 0) is 18.1 Å². The molecule has 1 atom stereocenters. The van der Waals surface area contributed by atoms with Crippen molar-refractivity contribution in [2.75, 3.05) is 7.11 Å². The SMILES string of the molecule is COC(=O)C(NC(=O)c1cccc(C(N)=S)c1)C(C)C. The number of hydrogen-bond acceptors (Lipinski definition) is 4. The molecule has 1 aromatic carbocycles. The molecule has 1 rings (SSSR count). The molecule has 0 aliphatic heterocycles. The second kappa shape index (κ2) is 7.00. The van der Waals surface area contributed by atoms with Gasteiger partial charge >= 0.3 is 5.97 Å². The first-order valence-electron chi connectivity index (χ1n) is 6.15. The van der Waals surface area contributed by atoms with E-state index in [9.17, 15) is 9.59 Å². The fourth-order valence-electron chi connectivity index (χ4n) is 1.66. The highest BCUT2D eigenvalue weighted by Crippen LogP contribution is 2.08. The summed E-state index contributed by atoms with van der Waals surface area (Å²) in [6.45, 7) is 3.65. The molecule has 0 spiro atoms. The molecule has 1 unspecified atom stereocenters. The van der Waals surface area contributed by atoms with E-state index < -0.39 is 12.0 Å². The van der Waals surface area contributed by atoms with Crippen LogP contribution in [0.1, 0.15) is 29.8 Å². The number of nitrogens with two attached hydrogens (primary N) is 1. The zero-order valence-electron chi connectivity index (χ0n) is 11.7. The molecule has 108 valence electrons. The zero-order valence-corrected chi connectivity index (χ0v) is 12.5. The third-order valence-corrected chi connectivity index (χ3v) is 3.05. The Morgan fingerprint density at radius 3 is 2.40 bits per heavy atom. The van der Waals surface area contributed by atoms with Crippen molar-refractivity contribution in [3.63, 3.8) is 0 Å². The number of esters is 1. The fourth-order valence-corrected chi connectivity index (χ4v) is 1.79. The van der Waals surface area contributed by atoms with E-state index >= 15 is 0 Å². The Morgan fingerprint density at radius 2 is 1.90 bits per heavy atom. The van der Waals surface area contributed by atoms with E-state index in [4.69, 9.17) is 18.0 Å². The molecule has 0 saturated carbocycles. The number of nitrogens with one attached hydrogen (secondary N) is 1. The van der Waals surface area contributed by atoms with E-state index in [1.165, 1.54) is 7.11 Å². The minimum Gasteiger partial charge on any atom is -0.467 e. The Morgan fingerprint density at radius 1 is 1.30 bits per heavy atom. The van der Waals surface area contributed by atoms with E-state index in [0.717, 1.165) is 0 Å². The summed E-state index contributed by atoms with van der Waals surface area (Å²) in [6.07, 6.45) is 0. The minimum absolute atomic E-state index is 0.0785. The fraction of sp³-hybridized carbons (Fsp3) is 0.357. The van der Waals surface area contributed by atoms with Gasteiger partial charge in [-0.15, -0.1) is 0 Å². The van der Waals surface area contributed by atoms with Crippen molar-refractivity contribution in [2.45, 2.75) is 19.9 Å². The van der Waals surface area contributed by atoms with E-state index in [0.29, 0.717) is 11.1 Å². The number of thiocarbonyl (C=S) groups is 1. The van der Waals surface area contributed by atoms with Crippen molar-refractivity contribution >= 4 is 29.1 Å². The number of hydrogen-bond donors (Lipinski definition) is 2. The van der Waals surface area contributed by atoms with Crippen molar-refractivity contribution in [3.8, 4) is 0 Å². The van der Waals surface area contributed by atoms with Gasteiger partial charge < -0.3 is 15.8 Å². The van der Waals surface area contributed by atoms with E-state index in [1.807, 2.05) is 13.8 Å². The lowest BCUT2D eigenvalue weighted by Crippen LogP contribution is -2.45. The maximum Gasteiger partial charge on any atom is 0.328 e.